The number of ketones is 1. The summed E-state index contributed by atoms with van der Waals surface area (Å²) < 4.78 is 37.8. The summed E-state index contributed by atoms with van der Waals surface area (Å²) in [6.07, 6.45) is -0.273. The van der Waals surface area contributed by atoms with Crippen molar-refractivity contribution in [3.63, 3.8) is 0 Å². The van der Waals surface area contributed by atoms with Crippen LogP contribution in [-0.4, -0.2) is 60.1 Å². The lowest BCUT2D eigenvalue weighted by Crippen LogP contribution is -2.34. The minimum Gasteiger partial charge on any atom is -0.489 e. The number of ether oxygens (including phenoxy) is 2. The number of carbonyl (C=O) groups is 2. The van der Waals surface area contributed by atoms with Gasteiger partial charge in [-0.15, -0.1) is 0 Å². The number of anilines is 1. The van der Waals surface area contributed by atoms with Crippen LogP contribution in [0.5, 0.6) is 5.75 Å². The fourth-order valence-electron chi connectivity index (χ4n) is 3.83. The second kappa shape index (κ2) is 11.3. The summed E-state index contributed by atoms with van der Waals surface area (Å²) in [5.74, 6) is -2.02. The van der Waals surface area contributed by atoms with Crippen LogP contribution in [0.15, 0.2) is 36.4 Å². The molecule has 0 spiro atoms. The highest BCUT2D eigenvalue weighted by atomic mass is 19.2. The van der Waals surface area contributed by atoms with E-state index in [9.17, 15) is 23.5 Å². The second-order valence-electron chi connectivity index (χ2n) is 8.10. The summed E-state index contributed by atoms with van der Waals surface area (Å²) in [6, 6.07) is 8.49. The maximum atomic E-state index is 13.3. The highest BCUT2D eigenvalue weighted by molar-refractivity contribution is 5.99. The fraction of sp³-hybridized carbons (Fsp3) is 0.417. The van der Waals surface area contributed by atoms with Crippen LogP contribution in [0.1, 0.15) is 36.2 Å². The van der Waals surface area contributed by atoms with Gasteiger partial charge in [-0.25, -0.2) is 8.78 Å². The number of hydrogen-bond donors (Lipinski definition) is 2. The number of nitrogens with one attached hydrogen (secondary N) is 1. The third-order valence-corrected chi connectivity index (χ3v) is 5.31. The molecule has 2 aromatic carbocycles. The molecule has 2 atom stereocenters. The molecule has 1 aliphatic rings. The zero-order valence-electron chi connectivity index (χ0n) is 18.6. The Morgan fingerprint density at radius 3 is 2.70 bits per heavy atom. The van der Waals surface area contributed by atoms with Gasteiger partial charge in [-0.3, -0.25) is 14.5 Å². The van der Waals surface area contributed by atoms with E-state index >= 15 is 0 Å². The van der Waals surface area contributed by atoms with Crippen molar-refractivity contribution in [2.75, 3.05) is 31.6 Å². The van der Waals surface area contributed by atoms with Crippen LogP contribution >= 0.6 is 0 Å². The Hall–Kier alpha value is -2.88. The van der Waals surface area contributed by atoms with Crippen LogP contribution in [0.3, 0.4) is 0 Å². The van der Waals surface area contributed by atoms with E-state index in [1.807, 2.05) is 4.90 Å². The molecule has 9 heteroatoms. The maximum absolute atomic E-state index is 13.3. The number of amides is 1. The Morgan fingerprint density at radius 2 is 2.00 bits per heavy atom. The molecular formula is C24H28F2N2O5. The van der Waals surface area contributed by atoms with E-state index in [1.54, 1.807) is 18.2 Å². The molecule has 178 valence electrons. The predicted octanol–water partition coefficient (Wildman–Crippen LogP) is 3.16. The van der Waals surface area contributed by atoms with E-state index < -0.39 is 17.7 Å². The Balaban J connectivity index is 1.48. The molecule has 0 radical (unpaired) electrons. The van der Waals surface area contributed by atoms with Gasteiger partial charge in [-0.1, -0.05) is 12.1 Å². The van der Waals surface area contributed by atoms with Crippen molar-refractivity contribution < 1.29 is 33.0 Å². The van der Waals surface area contributed by atoms with E-state index in [0.29, 0.717) is 42.9 Å². The van der Waals surface area contributed by atoms with E-state index in [-0.39, 0.29) is 36.8 Å². The first-order valence-corrected chi connectivity index (χ1v) is 10.7. The number of hydrogen-bond acceptors (Lipinski definition) is 6. The third-order valence-electron chi connectivity index (χ3n) is 5.31. The molecule has 3 rings (SSSR count). The zero-order valence-corrected chi connectivity index (χ0v) is 18.6. The van der Waals surface area contributed by atoms with Gasteiger partial charge in [0.05, 0.1) is 19.3 Å². The first-order chi connectivity index (χ1) is 15.7. The molecule has 33 heavy (non-hydrogen) atoms. The highest BCUT2D eigenvalue weighted by Crippen LogP contribution is 2.23. The van der Waals surface area contributed by atoms with Crippen molar-refractivity contribution in [2.45, 2.75) is 39.1 Å². The number of likely N-dealkylation sites (tertiary alicyclic amines) is 1. The molecule has 1 fully saturated rings. The lowest BCUT2D eigenvalue weighted by Gasteiger charge is -2.21. The molecule has 0 saturated carbocycles. The number of carbonyl (C=O) groups excluding carboxylic acids is 2. The molecule has 2 unspecified atom stereocenters. The second-order valence-corrected chi connectivity index (χ2v) is 8.10. The maximum Gasteiger partial charge on any atom is 0.221 e. The minimum atomic E-state index is -0.956. The molecule has 2 aromatic rings. The SMILES string of the molecule is CC(=O)Nc1cccc(C(C)=O)c1COCC(O)CN1CCC(Oc2ccc(F)c(F)c2)C1. The normalized spacial score (nSPS) is 17.1. The lowest BCUT2D eigenvalue weighted by molar-refractivity contribution is -0.114. The number of benzene rings is 2. The van der Waals surface area contributed by atoms with E-state index in [4.69, 9.17) is 9.47 Å². The van der Waals surface area contributed by atoms with Crippen LogP contribution in [0.2, 0.25) is 0 Å². The lowest BCUT2D eigenvalue weighted by atomic mass is 10.0. The number of nitrogens with zero attached hydrogens (tertiary/aromatic N) is 1. The fourth-order valence-corrected chi connectivity index (χ4v) is 3.83. The standard InChI is InChI=1S/C24H28F2N2O5/c1-15(29)20-4-3-5-24(27-16(2)30)21(20)14-32-13-17(31)11-28-9-8-19(12-28)33-18-6-7-22(25)23(26)10-18/h3-7,10,17,19,31H,8-9,11-14H2,1-2H3,(H,27,30). The summed E-state index contributed by atoms with van der Waals surface area (Å²) in [5.41, 5.74) is 1.52. The average Bonchev–Trinajstić information content (AvgIpc) is 3.17. The predicted molar refractivity (Wildman–Crippen MR) is 118 cm³/mol. The highest BCUT2D eigenvalue weighted by Gasteiger charge is 2.26. The topological polar surface area (TPSA) is 88.1 Å². The molecule has 2 N–H and O–H groups in total. The summed E-state index contributed by atoms with van der Waals surface area (Å²) in [5, 5.41) is 13.1. The molecular weight excluding hydrogens is 434 g/mol. The van der Waals surface area contributed by atoms with Crippen molar-refractivity contribution in [2.24, 2.45) is 0 Å². The Kier molecular flexibility index (Phi) is 8.49. The molecule has 1 heterocycles. The monoisotopic (exact) mass is 462 g/mol. The van der Waals surface area contributed by atoms with Gasteiger partial charge in [-0.2, -0.15) is 0 Å². The minimum absolute atomic E-state index is 0.0386. The number of rotatable bonds is 10. The van der Waals surface area contributed by atoms with Gasteiger partial charge in [0.25, 0.3) is 0 Å². The zero-order chi connectivity index (χ0) is 24.0. The smallest absolute Gasteiger partial charge is 0.221 e. The van der Waals surface area contributed by atoms with Gasteiger partial charge in [0.1, 0.15) is 11.9 Å². The van der Waals surface area contributed by atoms with Gasteiger partial charge >= 0.3 is 0 Å². The number of aliphatic hydroxyl groups excluding tert-OH is 1. The van der Waals surface area contributed by atoms with Gasteiger partial charge in [-0.05, 0) is 31.5 Å². The Morgan fingerprint density at radius 1 is 1.21 bits per heavy atom. The number of Topliss-reactive ketones (excluding diaryl/α,β-unsaturated/α-hetero) is 1. The molecule has 0 bridgehead atoms. The Bertz CT molecular complexity index is 1000. The van der Waals surface area contributed by atoms with Crippen molar-refractivity contribution in [3.8, 4) is 5.75 Å². The quantitative estimate of drug-likeness (QED) is 0.528. The first-order valence-electron chi connectivity index (χ1n) is 10.7. The van der Waals surface area contributed by atoms with Crippen LogP contribution < -0.4 is 10.1 Å². The molecule has 7 nitrogen and oxygen atoms in total. The summed E-state index contributed by atoms with van der Waals surface area (Å²) in [4.78, 5) is 25.4. The van der Waals surface area contributed by atoms with Gasteiger partial charge < -0.3 is 19.9 Å². The van der Waals surface area contributed by atoms with Gasteiger partial charge in [0.2, 0.25) is 5.91 Å². The number of halogens is 2. The summed E-state index contributed by atoms with van der Waals surface area (Å²) >= 11 is 0. The average molecular weight is 462 g/mol. The molecule has 0 aliphatic carbocycles. The van der Waals surface area contributed by atoms with Crippen molar-refractivity contribution in [1.29, 1.82) is 0 Å². The van der Waals surface area contributed by atoms with Crippen LogP contribution in [0, 0.1) is 11.6 Å². The van der Waals surface area contributed by atoms with Gasteiger partial charge in [0, 0.05) is 49.4 Å². The van der Waals surface area contributed by atoms with Crippen molar-refractivity contribution >= 4 is 17.4 Å². The van der Waals surface area contributed by atoms with E-state index in [1.165, 1.54) is 19.9 Å². The molecule has 1 amide bonds. The van der Waals surface area contributed by atoms with Crippen molar-refractivity contribution in [3.05, 3.63) is 59.2 Å². The molecule has 1 aliphatic heterocycles. The Labute approximate surface area is 191 Å². The van der Waals surface area contributed by atoms with E-state index in [0.717, 1.165) is 12.1 Å². The van der Waals surface area contributed by atoms with Crippen LogP contribution in [-0.2, 0) is 16.1 Å². The summed E-state index contributed by atoms with van der Waals surface area (Å²) in [7, 11) is 0. The van der Waals surface area contributed by atoms with Gasteiger partial charge in [0.15, 0.2) is 17.4 Å². The molecule has 0 aromatic heterocycles. The largest absolute Gasteiger partial charge is 0.489 e. The van der Waals surface area contributed by atoms with E-state index in [2.05, 4.69) is 5.32 Å². The first kappa shape index (κ1) is 24.8. The molecule has 1 saturated heterocycles. The number of aliphatic hydroxyl groups is 1. The summed E-state index contributed by atoms with van der Waals surface area (Å²) in [6.45, 7) is 4.50. The number of β-amino-alcohol motifs (C(OH)–C–C–N with tert-alkyl or cyclic N) is 1. The van der Waals surface area contributed by atoms with Crippen molar-refractivity contribution in [1.82, 2.24) is 4.90 Å². The van der Waals surface area contributed by atoms with Crippen LogP contribution in [0.4, 0.5) is 14.5 Å². The van der Waals surface area contributed by atoms with Crippen LogP contribution in [0.25, 0.3) is 0 Å². The third kappa shape index (κ3) is 7.05.